The molecular weight excluding hydrogens is 228 g/mol. The maximum atomic E-state index is 12.4. The third kappa shape index (κ3) is 3.03. The van der Waals surface area contributed by atoms with Gasteiger partial charge in [0.2, 0.25) is 11.8 Å². The van der Waals surface area contributed by atoms with Crippen LogP contribution in [0.5, 0.6) is 0 Å². The molecular formula is C14H26N2O2. The van der Waals surface area contributed by atoms with Crippen molar-refractivity contribution in [3.8, 4) is 0 Å². The molecule has 0 bridgehead atoms. The molecule has 4 nitrogen and oxygen atoms in total. The summed E-state index contributed by atoms with van der Waals surface area (Å²) in [4.78, 5) is 26.0. The van der Waals surface area contributed by atoms with Crippen molar-refractivity contribution in [2.24, 2.45) is 11.8 Å². The van der Waals surface area contributed by atoms with Gasteiger partial charge in [0.15, 0.2) is 0 Å². The molecule has 0 radical (unpaired) electrons. The van der Waals surface area contributed by atoms with Crippen LogP contribution in [0.15, 0.2) is 0 Å². The summed E-state index contributed by atoms with van der Waals surface area (Å²) < 4.78 is 0. The number of piperazine rings is 1. The van der Waals surface area contributed by atoms with Crippen LogP contribution >= 0.6 is 0 Å². The second kappa shape index (κ2) is 6.21. The lowest BCUT2D eigenvalue weighted by Gasteiger charge is -2.40. The number of amides is 2. The highest BCUT2D eigenvalue weighted by atomic mass is 16.2. The molecule has 104 valence electrons. The van der Waals surface area contributed by atoms with Crippen LogP contribution in [0, 0.1) is 11.8 Å². The SMILES string of the molecule is CCC(C)C1NC(=O)CN(C(C)C(C)CC)C1=O. The second-order valence-corrected chi connectivity index (χ2v) is 5.52. The lowest BCUT2D eigenvalue weighted by atomic mass is 9.93. The van der Waals surface area contributed by atoms with E-state index < -0.39 is 0 Å². The fourth-order valence-corrected chi connectivity index (χ4v) is 2.31. The third-order valence-corrected chi connectivity index (χ3v) is 4.35. The molecule has 0 aromatic carbocycles. The molecule has 4 unspecified atom stereocenters. The number of carbonyl (C=O) groups excluding carboxylic acids is 2. The van der Waals surface area contributed by atoms with Gasteiger partial charge in [0, 0.05) is 6.04 Å². The van der Waals surface area contributed by atoms with Gasteiger partial charge in [0.25, 0.3) is 0 Å². The summed E-state index contributed by atoms with van der Waals surface area (Å²) in [5.74, 6) is 0.651. The van der Waals surface area contributed by atoms with Crippen molar-refractivity contribution in [2.75, 3.05) is 6.54 Å². The Morgan fingerprint density at radius 2 is 1.83 bits per heavy atom. The summed E-state index contributed by atoms with van der Waals surface area (Å²) in [5, 5.41) is 2.83. The Hall–Kier alpha value is -1.06. The molecule has 1 fully saturated rings. The number of nitrogens with one attached hydrogen (secondary N) is 1. The third-order valence-electron chi connectivity index (χ3n) is 4.35. The molecule has 0 saturated carbocycles. The first-order valence-electron chi connectivity index (χ1n) is 7.02. The zero-order chi connectivity index (χ0) is 13.9. The molecule has 0 aliphatic carbocycles. The molecule has 2 amide bonds. The van der Waals surface area contributed by atoms with E-state index in [9.17, 15) is 9.59 Å². The number of nitrogens with zero attached hydrogens (tertiary/aromatic N) is 1. The lowest BCUT2D eigenvalue weighted by Crippen LogP contribution is -2.62. The van der Waals surface area contributed by atoms with Crippen LogP contribution in [0.25, 0.3) is 0 Å². The largest absolute Gasteiger partial charge is 0.342 e. The van der Waals surface area contributed by atoms with E-state index in [1.807, 2.05) is 20.8 Å². The molecule has 0 aromatic rings. The molecule has 4 atom stereocenters. The van der Waals surface area contributed by atoms with Gasteiger partial charge in [0.05, 0.1) is 6.54 Å². The Morgan fingerprint density at radius 3 is 2.33 bits per heavy atom. The number of rotatable bonds is 5. The number of hydrogen-bond acceptors (Lipinski definition) is 2. The molecule has 0 spiro atoms. The van der Waals surface area contributed by atoms with Crippen molar-refractivity contribution in [2.45, 2.75) is 59.5 Å². The molecule has 1 saturated heterocycles. The van der Waals surface area contributed by atoms with Crippen molar-refractivity contribution >= 4 is 11.8 Å². The maximum absolute atomic E-state index is 12.4. The first kappa shape index (κ1) is 15.0. The minimum atomic E-state index is -0.345. The zero-order valence-corrected chi connectivity index (χ0v) is 12.2. The highest BCUT2D eigenvalue weighted by Crippen LogP contribution is 2.20. The first-order chi connectivity index (χ1) is 8.42. The topological polar surface area (TPSA) is 49.4 Å². The highest BCUT2D eigenvalue weighted by Gasteiger charge is 2.38. The summed E-state index contributed by atoms with van der Waals surface area (Å²) in [7, 11) is 0. The normalized spacial score (nSPS) is 25.6. The van der Waals surface area contributed by atoms with E-state index in [4.69, 9.17) is 0 Å². The van der Waals surface area contributed by atoms with Gasteiger partial charge in [-0.15, -0.1) is 0 Å². The van der Waals surface area contributed by atoms with Gasteiger partial charge in [-0.1, -0.05) is 40.5 Å². The number of carbonyl (C=O) groups is 2. The summed E-state index contributed by atoms with van der Waals surface area (Å²) in [6, 6.07) is -0.220. The van der Waals surface area contributed by atoms with Gasteiger partial charge in [0.1, 0.15) is 6.04 Å². The Morgan fingerprint density at radius 1 is 1.22 bits per heavy atom. The van der Waals surface area contributed by atoms with Crippen LogP contribution in [0.2, 0.25) is 0 Å². The Labute approximate surface area is 110 Å². The van der Waals surface area contributed by atoms with E-state index in [0.29, 0.717) is 5.92 Å². The molecule has 1 aliphatic heterocycles. The Bertz CT molecular complexity index is 317. The molecule has 1 heterocycles. The van der Waals surface area contributed by atoms with Gasteiger partial charge in [-0.05, 0) is 18.8 Å². The van der Waals surface area contributed by atoms with E-state index in [1.165, 1.54) is 0 Å². The monoisotopic (exact) mass is 254 g/mol. The van der Waals surface area contributed by atoms with Crippen molar-refractivity contribution in [1.29, 1.82) is 0 Å². The molecule has 1 aliphatic rings. The van der Waals surface area contributed by atoms with Gasteiger partial charge in [-0.3, -0.25) is 9.59 Å². The van der Waals surface area contributed by atoms with Crippen molar-refractivity contribution in [1.82, 2.24) is 10.2 Å². The Balaban J connectivity index is 2.85. The summed E-state index contributed by atoms with van der Waals surface area (Å²) in [5.41, 5.74) is 0. The van der Waals surface area contributed by atoms with E-state index in [0.717, 1.165) is 12.8 Å². The van der Waals surface area contributed by atoms with Gasteiger partial charge in [-0.2, -0.15) is 0 Å². The maximum Gasteiger partial charge on any atom is 0.246 e. The number of hydrogen-bond donors (Lipinski definition) is 1. The van der Waals surface area contributed by atoms with Gasteiger partial charge < -0.3 is 10.2 Å². The quantitative estimate of drug-likeness (QED) is 0.813. The summed E-state index contributed by atoms with van der Waals surface area (Å²) >= 11 is 0. The van der Waals surface area contributed by atoms with Crippen molar-refractivity contribution < 1.29 is 9.59 Å². The van der Waals surface area contributed by atoms with Crippen molar-refractivity contribution in [3.05, 3.63) is 0 Å². The smallest absolute Gasteiger partial charge is 0.246 e. The fraction of sp³-hybridized carbons (Fsp3) is 0.857. The van der Waals surface area contributed by atoms with Crippen LogP contribution in [-0.2, 0) is 9.59 Å². The minimum Gasteiger partial charge on any atom is -0.342 e. The van der Waals surface area contributed by atoms with Crippen LogP contribution in [0.4, 0.5) is 0 Å². The van der Waals surface area contributed by atoms with Crippen LogP contribution < -0.4 is 5.32 Å². The average Bonchev–Trinajstić information content (AvgIpc) is 2.38. The fourth-order valence-electron chi connectivity index (χ4n) is 2.31. The molecule has 0 aromatic heterocycles. The molecule has 1 rings (SSSR count). The van der Waals surface area contributed by atoms with Crippen LogP contribution in [0.1, 0.15) is 47.5 Å². The van der Waals surface area contributed by atoms with Crippen molar-refractivity contribution in [3.63, 3.8) is 0 Å². The Kier molecular flexibility index (Phi) is 5.17. The van der Waals surface area contributed by atoms with Crippen LogP contribution in [-0.4, -0.2) is 35.3 Å². The predicted molar refractivity (Wildman–Crippen MR) is 72.0 cm³/mol. The van der Waals surface area contributed by atoms with E-state index in [2.05, 4.69) is 19.2 Å². The summed E-state index contributed by atoms with van der Waals surface area (Å²) in [6.45, 7) is 10.5. The second-order valence-electron chi connectivity index (χ2n) is 5.52. The van der Waals surface area contributed by atoms with E-state index in [1.54, 1.807) is 4.90 Å². The lowest BCUT2D eigenvalue weighted by molar-refractivity contribution is -0.148. The predicted octanol–water partition coefficient (Wildman–Crippen LogP) is 1.79. The average molecular weight is 254 g/mol. The van der Waals surface area contributed by atoms with Crippen LogP contribution in [0.3, 0.4) is 0 Å². The highest BCUT2D eigenvalue weighted by molar-refractivity contribution is 5.95. The standard InChI is InChI=1S/C14H26N2O2/c1-6-9(3)11(5)16-8-12(17)15-13(14(16)18)10(4)7-2/h9-11,13H,6-8H2,1-5H3,(H,15,17). The molecule has 1 N–H and O–H groups in total. The van der Waals surface area contributed by atoms with Gasteiger partial charge in [-0.25, -0.2) is 0 Å². The van der Waals surface area contributed by atoms with E-state index in [-0.39, 0.29) is 36.4 Å². The summed E-state index contributed by atoms with van der Waals surface area (Å²) in [6.07, 6.45) is 1.91. The zero-order valence-electron chi connectivity index (χ0n) is 12.2. The van der Waals surface area contributed by atoms with Gasteiger partial charge >= 0.3 is 0 Å². The minimum absolute atomic E-state index is 0.0324. The molecule has 18 heavy (non-hydrogen) atoms. The first-order valence-corrected chi connectivity index (χ1v) is 7.02. The van der Waals surface area contributed by atoms with E-state index >= 15 is 0 Å². The molecule has 4 heteroatoms.